The molecule has 3 atom stereocenters. The summed E-state index contributed by atoms with van der Waals surface area (Å²) < 4.78 is 16.0. The van der Waals surface area contributed by atoms with Crippen LogP contribution in [-0.2, 0) is 30.2 Å². The Morgan fingerprint density at radius 2 is 1.89 bits per heavy atom. The molecule has 156 valence electrons. The quantitative estimate of drug-likeness (QED) is 0.620. The topological polar surface area (TPSA) is 73.9 Å². The maximum Gasteiger partial charge on any atom is 0.335 e. The molecular formula is C22H33NO5. The van der Waals surface area contributed by atoms with Crippen LogP contribution in [0.15, 0.2) is 24.3 Å². The summed E-state index contributed by atoms with van der Waals surface area (Å²) >= 11 is 0. The first-order valence-electron chi connectivity index (χ1n) is 10.1. The summed E-state index contributed by atoms with van der Waals surface area (Å²) in [5, 5.41) is 2.85. The maximum absolute atomic E-state index is 12.1. The van der Waals surface area contributed by atoms with Crippen molar-refractivity contribution in [3.63, 3.8) is 0 Å². The van der Waals surface area contributed by atoms with Gasteiger partial charge in [0.15, 0.2) is 12.7 Å². The van der Waals surface area contributed by atoms with Gasteiger partial charge in [0.1, 0.15) is 0 Å². The van der Waals surface area contributed by atoms with E-state index in [0.29, 0.717) is 12.5 Å². The minimum Gasteiger partial charge on any atom is -0.454 e. The number of amides is 1. The molecule has 1 N–H and O–H groups in total. The Kier molecular flexibility index (Phi) is 8.93. The summed E-state index contributed by atoms with van der Waals surface area (Å²) in [7, 11) is 0. The van der Waals surface area contributed by atoms with Gasteiger partial charge in [-0.05, 0) is 50.2 Å². The fourth-order valence-electron chi connectivity index (χ4n) is 3.13. The van der Waals surface area contributed by atoms with Gasteiger partial charge in [0.25, 0.3) is 5.91 Å². The van der Waals surface area contributed by atoms with E-state index in [1.54, 1.807) is 6.92 Å². The zero-order valence-corrected chi connectivity index (χ0v) is 17.4. The van der Waals surface area contributed by atoms with Crippen molar-refractivity contribution in [2.75, 3.05) is 19.8 Å². The number of rotatable bonds is 10. The van der Waals surface area contributed by atoms with Crippen molar-refractivity contribution in [2.45, 2.75) is 65.2 Å². The molecule has 1 heterocycles. The molecule has 0 radical (unpaired) electrons. The molecule has 3 unspecified atom stereocenters. The van der Waals surface area contributed by atoms with Gasteiger partial charge in [-0.3, -0.25) is 4.79 Å². The monoisotopic (exact) mass is 391 g/mol. The van der Waals surface area contributed by atoms with Crippen molar-refractivity contribution in [1.29, 1.82) is 0 Å². The average Bonchev–Trinajstić information content (AvgIpc) is 3.17. The zero-order valence-electron chi connectivity index (χ0n) is 17.4. The lowest BCUT2D eigenvalue weighted by molar-refractivity contribution is -0.160. The Hall–Kier alpha value is -1.92. The Labute approximate surface area is 167 Å². The molecule has 1 aliphatic heterocycles. The SMILES string of the molecule is CC(C)Cc1ccc(C(C)NC(=O)COC(=O)C(C)OCC2CCCO2)cc1. The van der Waals surface area contributed by atoms with Gasteiger partial charge in [-0.1, -0.05) is 38.1 Å². The third-order valence-corrected chi connectivity index (χ3v) is 4.73. The van der Waals surface area contributed by atoms with Crippen LogP contribution in [-0.4, -0.2) is 43.9 Å². The number of nitrogens with one attached hydrogen (secondary N) is 1. The second-order valence-electron chi connectivity index (χ2n) is 7.85. The molecule has 0 spiro atoms. The highest BCUT2D eigenvalue weighted by molar-refractivity contribution is 5.82. The van der Waals surface area contributed by atoms with E-state index in [4.69, 9.17) is 14.2 Å². The van der Waals surface area contributed by atoms with Crippen LogP contribution in [0.1, 0.15) is 57.7 Å². The van der Waals surface area contributed by atoms with Gasteiger partial charge in [0, 0.05) is 6.61 Å². The van der Waals surface area contributed by atoms with E-state index < -0.39 is 12.1 Å². The molecule has 0 bridgehead atoms. The van der Waals surface area contributed by atoms with Gasteiger partial charge < -0.3 is 19.5 Å². The van der Waals surface area contributed by atoms with Gasteiger partial charge in [-0.15, -0.1) is 0 Å². The van der Waals surface area contributed by atoms with Crippen LogP contribution in [0.5, 0.6) is 0 Å². The lowest BCUT2D eigenvalue weighted by Gasteiger charge is -2.17. The predicted molar refractivity (Wildman–Crippen MR) is 107 cm³/mol. The summed E-state index contributed by atoms with van der Waals surface area (Å²) in [6, 6.07) is 8.06. The Morgan fingerprint density at radius 1 is 1.18 bits per heavy atom. The molecule has 28 heavy (non-hydrogen) atoms. The summed E-state index contributed by atoms with van der Waals surface area (Å²) in [6.45, 7) is 8.69. The van der Waals surface area contributed by atoms with E-state index >= 15 is 0 Å². The third-order valence-electron chi connectivity index (χ3n) is 4.73. The number of carbonyl (C=O) groups excluding carboxylic acids is 2. The lowest BCUT2D eigenvalue weighted by atomic mass is 10.00. The fraction of sp³-hybridized carbons (Fsp3) is 0.636. The first-order chi connectivity index (χ1) is 13.3. The Morgan fingerprint density at radius 3 is 2.50 bits per heavy atom. The number of ether oxygens (including phenoxy) is 3. The molecule has 0 aliphatic carbocycles. The van der Waals surface area contributed by atoms with Crippen LogP contribution in [0.25, 0.3) is 0 Å². The summed E-state index contributed by atoms with van der Waals surface area (Å²) in [4.78, 5) is 24.0. The van der Waals surface area contributed by atoms with Crippen LogP contribution in [0.2, 0.25) is 0 Å². The number of carbonyl (C=O) groups is 2. The minimum absolute atomic E-state index is 0.0475. The molecule has 6 nitrogen and oxygen atoms in total. The Bertz CT molecular complexity index is 622. The molecule has 1 saturated heterocycles. The number of hydrogen-bond donors (Lipinski definition) is 1. The molecule has 1 fully saturated rings. The van der Waals surface area contributed by atoms with E-state index in [1.807, 2.05) is 19.1 Å². The largest absolute Gasteiger partial charge is 0.454 e. The molecule has 1 aromatic rings. The second-order valence-corrected chi connectivity index (χ2v) is 7.85. The highest BCUT2D eigenvalue weighted by Crippen LogP contribution is 2.16. The molecule has 1 aromatic carbocycles. The molecule has 6 heteroatoms. The van der Waals surface area contributed by atoms with Gasteiger partial charge in [0.05, 0.1) is 18.8 Å². The van der Waals surface area contributed by atoms with Crippen molar-refractivity contribution in [3.05, 3.63) is 35.4 Å². The Balaban J connectivity index is 1.69. The zero-order chi connectivity index (χ0) is 20.5. The number of hydrogen-bond acceptors (Lipinski definition) is 5. The standard InChI is InChI=1S/C22H33NO5/c1-15(2)12-18-7-9-19(10-8-18)16(3)23-21(24)14-28-22(25)17(4)27-13-20-6-5-11-26-20/h7-10,15-17,20H,5-6,11-14H2,1-4H3,(H,23,24). The van der Waals surface area contributed by atoms with E-state index in [0.717, 1.165) is 31.4 Å². The van der Waals surface area contributed by atoms with Gasteiger partial charge >= 0.3 is 5.97 Å². The minimum atomic E-state index is -0.720. The van der Waals surface area contributed by atoms with Gasteiger partial charge in [0.2, 0.25) is 0 Å². The molecule has 1 aliphatic rings. The molecule has 2 rings (SSSR count). The van der Waals surface area contributed by atoms with Crippen LogP contribution >= 0.6 is 0 Å². The van der Waals surface area contributed by atoms with Gasteiger partial charge in [-0.2, -0.15) is 0 Å². The predicted octanol–water partition coefficient (Wildman–Crippen LogP) is 3.19. The number of esters is 1. The van der Waals surface area contributed by atoms with Gasteiger partial charge in [-0.25, -0.2) is 4.79 Å². The smallest absolute Gasteiger partial charge is 0.335 e. The van der Waals surface area contributed by atoms with Crippen molar-refractivity contribution in [1.82, 2.24) is 5.32 Å². The lowest BCUT2D eigenvalue weighted by Crippen LogP contribution is -2.34. The molecule has 1 amide bonds. The van der Waals surface area contributed by atoms with Crippen molar-refractivity contribution < 1.29 is 23.8 Å². The van der Waals surface area contributed by atoms with Crippen LogP contribution in [0.4, 0.5) is 0 Å². The van der Waals surface area contributed by atoms with Crippen molar-refractivity contribution in [2.24, 2.45) is 5.92 Å². The first kappa shape index (κ1) is 22.4. The maximum atomic E-state index is 12.1. The van der Waals surface area contributed by atoms with E-state index in [-0.39, 0.29) is 24.7 Å². The van der Waals surface area contributed by atoms with Crippen LogP contribution in [0.3, 0.4) is 0 Å². The normalized spacial score (nSPS) is 18.7. The number of benzene rings is 1. The van der Waals surface area contributed by atoms with Crippen LogP contribution < -0.4 is 5.32 Å². The van der Waals surface area contributed by atoms with Crippen molar-refractivity contribution in [3.8, 4) is 0 Å². The molecule has 0 aromatic heterocycles. The van der Waals surface area contributed by atoms with E-state index in [2.05, 4.69) is 31.3 Å². The van der Waals surface area contributed by atoms with Crippen molar-refractivity contribution >= 4 is 11.9 Å². The van der Waals surface area contributed by atoms with E-state index in [9.17, 15) is 9.59 Å². The highest BCUT2D eigenvalue weighted by Gasteiger charge is 2.21. The summed E-state index contributed by atoms with van der Waals surface area (Å²) in [5.41, 5.74) is 2.30. The highest BCUT2D eigenvalue weighted by atomic mass is 16.6. The first-order valence-corrected chi connectivity index (χ1v) is 10.1. The molecule has 0 saturated carbocycles. The third kappa shape index (κ3) is 7.60. The van der Waals surface area contributed by atoms with E-state index in [1.165, 1.54) is 5.56 Å². The summed E-state index contributed by atoms with van der Waals surface area (Å²) in [6.07, 6.45) is 2.32. The molecular weight excluding hydrogens is 358 g/mol. The second kappa shape index (κ2) is 11.2. The average molecular weight is 392 g/mol. The fourth-order valence-corrected chi connectivity index (χ4v) is 3.13. The van der Waals surface area contributed by atoms with Crippen LogP contribution in [0, 0.1) is 5.92 Å². The summed E-state index contributed by atoms with van der Waals surface area (Å²) in [5.74, 6) is -0.271.